The van der Waals surface area contributed by atoms with E-state index < -0.39 is 0 Å². The Labute approximate surface area is 133 Å². The molecule has 1 aromatic carbocycles. The van der Waals surface area contributed by atoms with Crippen molar-refractivity contribution in [3.63, 3.8) is 0 Å². The maximum atomic E-state index is 12.0. The molecule has 0 saturated carbocycles. The van der Waals surface area contributed by atoms with Crippen LogP contribution in [0.25, 0.3) is 0 Å². The number of carbonyl (C=O) groups is 2. The highest BCUT2D eigenvalue weighted by Gasteiger charge is 2.15. The Morgan fingerprint density at radius 3 is 1.95 bits per heavy atom. The molecule has 0 fully saturated rings. The van der Waals surface area contributed by atoms with Crippen molar-refractivity contribution in [1.29, 1.82) is 0 Å². The van der Waals surface area contributed by atoms with Gasteiger partial charge in [0.1, 0.15) is 0 Å². The van der Waals surface area contributed by atoms with Crippen LogP contribution < -0.4 is 10.6 Å². The van der Waals surface area contributed by atoms with Crippen LogP contribution in [0.2, 0.25) is 0 Å². The fraction of sp³-hybridized carbons (Fsp3) is 0.529. The van der Waals surface area contributed by atoms with Gasteiger partial charge >= 0.3 is 0 Å². The summed E-state index contributed by atoms with van der Waals surface area (Å²) in [6.45, 7) is 7.37. The van der Waals surface area contributed by atoms with Crippen molar-refractivity contribution in [1.82, 2.24) is 15.5 Å². The molecule has 22 heavy (non-hydrogen) atoms. The van der Waals surface area contributed by atoms with E-state index in [0.717, 1.165) is 13.0 Å². The Bertz CT molecular complexity index is 502. The van der Waals surface area contributed by atoms with Gasteiger partial charge in [-0.2, -0.15) is 0 Å². The van der Waals surface area contributed by atoms with E-state index in [4.69, 9.17) is 0 Å². The first-order valence-electron chi connectivity index (χ1n) is 7.54. The smallest absolute Gasteiger partial charge is 0.251 e. The lowest BCUT2D eigenvalue weighted by atomic mass is 10.1. The van der Waals surface area contributed by atoms with Crippen molar-refractivity contribution >= 4 is 11.8 Å². The Balaban J connectivity index is 2.53. The molecule has 0 saturated heterocycles. The van der Waals surface area contributed by atoms with E-state index >= 15 is 0 Å². The molecule has 0 aliphatic heterocycles. The van der Waals surface area contributed by atoms with Crippen LogP contribution in [0.15, 0.2) is 24.3 Å². The van der Waals surface area contributed by atoms with Gasteiger partial charge < -0.3 is 15.5 Å². The summed E-state index contributed by atoms with van der Waals surface area (Å²) in [7, 11) is 4.01. The fourth-order valence-electron chi connectivity index (χ4n) is 1.89. The minimum atomic E-state index is -0.278. The monoisotopic (exact) mass is 305 g/mol. The zero-order valence-corrected chi connectivity index (χ0v) is 14.2. The Morgan fingerprint density at radius 2 is 1.50 bits per heavy atom. The minimum Gasteiger partial charge on any atom is -0.352 e. The van der Waals surface area contributed by atoms with Crippen molar-refractivity contribution in [3.05, 3.63) is 35.4 Å². The number of hydrogen-bond donors (Lipinski definition) is 2. The van der Waals surface area contributed by atoms with Crippen molar-refractivity contribution in [2.24, 2.45) is 0 Å². The second-order valence-electron chi connectivity index (χ2n) is 6.69. The number of nitrogens with zero attached hydrogens (tertiary/aromatic N) is 1. The maximum Gasteiger partial charge on any atom is 0.251 e. The molecule has 1 rings (SSSR count). The van der Waals surface area contributed by atoms with Gasteiger partial charge in [-0.15, -0.1) is 0 Å². The topological polar surface area (TPSA) is 61.4 Å². The lowest BCUT2D eigenvalue weighted by molar-refractivity contribution is 0.0915. The van der Waals surface area contributed by atoms with Gasteiger partial charge in [-0.1, -0.05) is 0 Å². The van der Waals surface area contributed by atoms with Crippen LogP contribution in [-0.4, -0.2) is 49.4 Å². The van der Waals surface area contributed by atoms with E-state index in [1.54, 1.807) is 24.3 Å². The predicted octanol–water partition coefficient (Wildman–Crippen LogP) is 1.90. The molecule has 2 N–H and O–H groups in total. The molecular formula is C17H27N3O2. The molecule has 0 aromatic heterocycles. The highest BCUT2D eigenvalue weighted by molar-refractivity contribution is 5.98. The van der Waals surface area contributed by atoms with Crippen LogP contribution in [0, 0.1) is 0 Å². The molecule has 122 valence electrons. The van der Waals surface area contributed by atoms with Gasteiger partial charge in [0.25, 0.3) is 11.8 Å². The molecule has 5 nitrogen and oxygen atoms in total. The summed E-state index contributed by atoms with van der Waals surface area (Å²) in [5.74, 6) is -0.244. The van der Waals surface area contributed by atoms with Crippen LogP contribution in [-0.2, 0) is 0 Å². The van der Waals surface area contributed by atoms with Gasteiger partial charge in [-0.3, -0.25) is 9.59 Å². The van der Waals surface area contributed by atoms with Crippen LogP contribution in [0.1, 0.15) is 47.9 Å². The van der Waals surface area contributed by atoms with Crippen LogP contribution in [0.4, 0.5) is 0 Å². The summed E-state index contributed by atoms with van der Waals surface area (Å²) in [4.78, 5) is 26.1. The van der Waals surface area contributed by atoms with Gasteiger partial charge in [0.2, 0.25) is 0 Å². The lowest BCUT2D eigenvalue weighted by Crippen LogP contribution is -2.40. The molecule has 0 aliphatic rings. The fourth-order valence-corrected chi connectivity index (χ4v) is 1.89. The number of carbonyl (C=O) groups excluding carboxylic acids is 2. The number of nitrogens with one attached hydrogen (secondary N) is 2. The third-order valence-corrected chi connectivity index (χ3v) is 2.97. The summed E-state index contributed by atoms with van der Waals surface area (Å²) < 4.78 is 0. The molecular weight excluding hydrogens is 278 g/mol. The summed E-state index contributed by atoms with van der Waals surface area (Å²) in [5, 5.41) is 5.77. The predicted molar refractivity (Wildman–Crippen MR) is 89.2 cm³/mol. The molecule has 2 amide bonds. The Kier molecular flexibility index (Phi) is 6.56. The number of amides is 2. The molecule has 0 spiro atoms. The van der Waals surface area contributed by atoms with Crippen LogP contribution >= 0.6 is 0 Å². The second-order valence-corrected chi connectivity index (χ2v) is 6.69. The molecule has 0 bridgehead atoms. The summed E-state index contributed by atoms with van der Waals surface area (Å²) in [6, 6.07) is 6.71. The van der Waals surface area contributed by atoms with Crippen molar-refractivity contribution in [2.75, 3.05) is 27.2 Å². The van der Waals surface area contributed by atoms with E-state index in [9.17, 15) is 9.59 Å². The molecule has 0 heterocycles. The minimum absolute atomic E-state index is 0.110. The van der Waals surface area contributed by atoms with Crippen molar-refractivity contribution < 1.29 is 9.59 Å². The molecule has 5 heteroatoms. The van der Waals surface area contributed by atoms with Gasteiger partial charge in [0, 0.05) is 23.2 Å². The van der Waals surface area contributed by atoms with E-state index in [0.29, 0.717) is 17.7 Å². The molecule has 1 aromatic rings. The standard InChI is InChI=1S/C17H27N3O2/c1-17(2,3)19-16(22)14-9-7-13(8-10-14)15(21)18-11-6-12-20(4)5/h7-10H,6,11-12H2,1-5H3,(H,18,21)(H,19,22). The lowest BCUT2D eigenvalue weighted by Gasteiger charge is -2.20. The Morgan fingerprint density at radius 1 is 1.00 bits per heavy atom. The van der Waals surface area contributed by atoms with E-state index in [1.807, 2.05) is 34.9 Å². The summed E-state index contributed by atoms with van der Waals surface area (Å²) in [6.07, 6.45) is 0.908. The average Bonchev–Trinajstić information content (AvgIpc) is 2.41. The Hall–Kier alpha value is -1.88. The van der Waals surface area contributed by atoms with Crippen molar-refractivity contribution in [2.45, 2.75) is 32.7 Å². The SMILES string of the molecule is CN(C)CCCNC(=O)c1ccc(C(=O)NC(C)(C)C)cc1. The van der Waals surface area contributed by atoms with Crippen LogP contribution in [0.3, 0.4) is 0 Å². The molecule has 0 atom stereocenters. The molecule has 0 unspecified atom stereocenters. The summed E-state index contributed by atoms with van der Waals surface area (Å²) in [5.41, 5.74) is 0.843. The normalized spacial score (nSPS) is 11.4. The third-order valence-electron chi connectivity index (χ3n) is 2.97. The van der Waals surface area contributed by atoms with Gasteiger partial charge in [0.05, 0.1) is 0 Å². The van der Waals surface area contributed by atoms with E-state index in [1.165, 1.54) is 0 Å². The van der Waals surface area contributed by atoms with Gasteiger partial charge in [-0.25, -0.2) is 0 Å². The number of rotatable bonds is 6. The molecule has 0 radical (unpaired) electrons. The van der Waals surface area contributed by atoms with Crippen molar-refractivity contribution in [3.8, 4) is 0 Å². The first-order chi connectivity index (χ1) is 10.2. The van der Waals surface area contributed by atoms with E-state index in [2.05, 4.69) is 15.5 Å². The average molecular weight is 305 g/mol. The second kappa shape index (κ2) is 7.94. The maximum absolute atomic E-state index is 12.0. The third kappa shape index (κ3) is 6.72. The zero-order valence-electron chi connectivity index (χ0n) is 14.2. The van der Waals surface area contributed by atoms with Gasteiger partial charge in [0.15, 0.2) is 0 Å². The van der Waals surface area contributed by atoms with Gasteiger partial charge in [-0.05, 0) is 72.1 Å². The first-order valence-corrected chi connectivity index (χ1v) is 7.54. The number of benzene rings is 1. The molecule has 0 aliphatic carbocycles. The largest absolute Gasteiger partial charge is 0.352 e. The summed E-state index contributed by atoms with van der Waals surface area (Å²) >= 11 is 0. The number of hydrogen-bond acceptors (Lipinski definition) is 3. The van der Waals surface area contributed by atoms with E-state index in [-0.39, 0.29) is 17.4 Å². The quantitative estimate of drug-likeness (QED) is 0.789. The van der Waals surface area contributed by atoms with Crippen LogP contribution in [0.5, 0.6) is 0 Å². The highest BCUT2D eigenvalue weighted by Crippen LogP contribution is 2.07. The zero-order chi connectivity index (χ0) is 16.8. The first kappa shape index (κ1) is 18.2. The highest BCUT2D eigenvalue weighted by atomic mass is 16.2.